The monoisotopic (exact) mass is 170 g/mol. The lowest BCUT2D eigenvalue weighted by Crippen LogP contribution is -2.45. The van der Waals surface area contributed by atoms with Crippen molar-refractivity contribution in [1.29, 1.82) is 0 Å². The van der Waals surface area contributed by atoms with Gasteiger partial charge in [-0.05, 0) is 25.9 Å². The lowest BCUT2D eigenvalue weighted by Gasteiger charge is -2.33. The summed E-state index contributed by atoms with van der Waals surface area (Å²) >= 11 is 0. The van der Waals surface area contributed by atoms with Crippen LogP contribution in [0.25, 0.3) is 0 Å². The molecule has 2 fully saturated rings. The Morgan fingerprint density at radius 2 is 1.83 bits per heavy atom. The standard InChI is InChI=1S/C9H18N2O/c12-9-7-10-6-8(9)11-4-2-1-3-5-11/h8-10,12H,1-7H2/t8-,9+/m1/s1. The molecular formula is C9H18N2O. The van der Waals surface area contributed by atoms with Crippen LogP contribution < -0.4 is 5.32 Å². The van der Waals surface area contributed by atoms with E-state index in [9.17, 15) is 5.11 Å². The van der Waals surface area contributed by atoms with Crippen molar-refractivity contribution < 1.29 is 5.11 Å². The number of hydrogen-bond donors (Lipinski definition) is 2. The van der Waals surface area contributed by atoms with Crippen LogP contribution in [0.2, 0.25) is 0 Å². The van der Waals surface area contributed by atoms with Crippen LogP contribution in [0.5, 0.6) is 0 Å². The summed E-state index contributed by atoms with van der Waals surface area (Å²) in [5.41, 5.74) is 0. The molecule has 0 aromatic carbocycles. The second-order valence-corrected chi connectivity index (χ2v) is 3.89. The van der Waals surface area contributed by atoms with Crippen molar-refractivity contribution in [2.75, 3.05) is 26.2 Å². The van der Waals surface area contributed by atoms with Crippen LogP contribution in [0.1, 0.15) is 19.3 Å². The first-order valence-corrected chi connectivity index (χ1v) is 5.01. The molecule has 12 heavy (non-hydrogen) atoms. The van der Waals surface area contributed by atoms with Crippen molar-refractivity contribution in [3.05, 3.63) is 0 Å². The van der Waals surface area contributed by atoms with Crippen LogP contribution in [-0.4, -0.2) is 48.3 Å². The Morgan fingerprint density at radius 3 is 2.42 bits per heavy atom. The van der Waals surface area contributed by atoms with Gasteiger partial charge in [-0.15, -0.1) is 0 Å². The third-order valence-electron chi connectivity index (χ3n) is 3.01. The fourth-order valence-electron chi connectivity index (χ4n) is 2.27. The van der Waals surface area contributed by atoms with Crippen molar-refractivity contribution in [3.63, 3.8) is 0 Å². The highest BCUT2D eigenvalue weighted by Crippen LogP contribution is 2.16. The molecule has 0 radical (unpaired) electrons. The summed E-state index contributed by atoms with van der Waals surface area (Å²) in [6.07, 6.45) is 3.85. The predicted octanol–water partition coefficient (Wildman–Crippen LogP) is -0.195. The molecule has 2 rings (SSSR count). The number of hydrogen-bond acceptors (Lipinski definition) is 3. The van der Waals surface area contributed by atoms with Gasteiger partial charge in [0.2, 0.25) is 0 Å². The average molecular weight is 170 g/mol. The van der Waals surface area contributed by atoms with Crippen LogP contribution in [0, 0.1) is 0 Å². The molecular weight excluding hydrogens is 152 g/mol. The van der Waals surface area contributed by atoms with Crippen LogP contribution in [0.3, 0.4) is 0 Å². The second-order valence-electron chi connectivity index (χ2n) is 3.89. The molecule has 0 amide bonds. The number of nitrogens with one attached hydrogen (secondary N) is 1. The van der Waals surface area contributed by atoms with Crippen molar-refractivity contribution >= 4 is 0 Å². The highest BCUT2D eigenvalue weighted by atomic mass is 16.3. The Balaban J connectivity index is 1.89. The van der Waals surface area contributed by atoms with Gasteiger partial charge in [-0.1, -0.05) is 6.42 Å². The molecule has 0 unspecified atom stereocenters. The number of piperidine rings is 1. The fourth-order valence-corrected chi connectivity index (χ4v) is 2.27. The first-order chi connectivity index (χ1) is 5.88. The van der Waals surface area contributed by atoms with E-state index in [2.05, 4.69) is 10.2 Å². The van der Waals surface area contributed by atoms with Crippen molar-refractivity contribution in [2.45, 2.75) is 31.4 Å². The lowest BCUT2D eigenvalue weighted by atomic mass is 10.1. The Labute approximate surface area is 73.8 Å². The second kappa shape index (κ2) is 3.73. The molecule has 2 N–H and O–H groups in total. The summed E-state index contributed by atoms with van der Waals surface area (Å²) in [5, 5.41) is 12.9. The third-order valence-corrected chi connectivity index (χ3v) is 3.01. The predicted molar refractivity (Wildman–Crippen MR) is 48.1 cm³/mol. The van der Waals surface area contributed by atoms with Gasteiger partial charge in [-0.25, -0.2) is 0 Å². The maximum Gasteiger partial charge on any atom is 0.0831 e. The van der Waals surface area contributed by atoms with Gasteiger partial charge in [0.15, 0.2) is 0 Å². The summed E-state index contributed by atoms with van der Waals surface area (Å²) in [7, 11) is 0. The Kier molecular flexibility index (Phi) is 2.63. The summed E-state index contributed by atoms with van der Waals surface area (Å²) in [6, 6.07) is 0.394. The van der Waals surface area contributed by atoms with E-state index in [0.717, 1.165) is 13.1 Å². The molecule has 0 aliphatic carbocycles. The average Bonchev–Trinajstić information content (AvgIpc) is 2.53. The van der Waals surface area contributed by atoms with E-state index in [1.807, 2.05) is 0 Å². The van der Waals surface area contributed by atoms with Gasteiger partial charge >= 0.3 is 0 Å². The molecule has 2 atom stereocenters. The normalized spacial score (nSPS) is 38.8. The summed E-state index contributed by atoms with van der Waals surface area (Å²) < 4.78 is 0. The molecule has 2 aliphatic rings. The van der Waals surface area contributed by atoms with Crippen molar-refractivity contribution in [1.82, 2.24) is 10.2 Å². The van der Waals surface area contributed by atoms with Gasteiger partial charge < -0.3 is 10.4 Å². The highest BCUT2D eigenvalue weighted by molar-refractivity contribution is 4.89. The molecule has 0 aromatic heterocycles. The third kappa shape index (κ3) is 1.63. The van der Waals surface area contributed by atoms with Gasteiger partial charge in [-0.2, -0.15) is 0 Å². The summed E-state index contributed by atoms with van der Waals surface area (Å²) in [5.74, 6) is 0. The van der Waals surface area contributed by atoms with E-state index in [-0.39, 0.29) is 6.10 Å². The minimum Gasteiger partial charge on any atom is -0.390 e. The fraction of sp³-hybridized carbons (Fsp3) is 1.00. The quantitative estimate of drug-likeness (QED) is 0.572. The first-order valence-electron chi connectivity index (χ1n) is 5.01. The molecule has 0 aromatic rings. The number of aliphatic hydroxyl groups is 1. The molecule has 3 heteroatoms. The van der Waals surface area contributed by atoms with E-state index in [1.54, 1.807) is 0 Å². The molecule has 0 spiro atoms. The van der Waals surface area contributed by atoms with Gasteiger partial charge in [0.05, 0.1) is 6.10 Å². The Hall–Kier alpha value is -0.120. The first kappa shape index (κ1) is 8.48. The smallest absolute Gasteiger partial charge is 0.0831 e. The molecule has 2 aliphatic heterocycles. The zero-order valence-electron chi connectivity index (χ0n) is 7.50. The summed E-state index contributed by atoms with van der Waals surface area (Å²) in [4.78, 5) is 2.44. The SMILES string of the molecule is O[C@H]1CNC[C@H]1N1CCCCC1. The number of β-amino-alcohol motifs (C(OH)–C–C–N with tert-alkyl or cyclic N) is 1. The van der Waals surface area contributed by atoms with Gasteiger partial charge in [0, 0.05) is 19.1 Å². The van der Waals surface area contributed by atoms with Crippen LogP contribution >= 0.6 is 0 Å². The number of nitrogens with zero attached hydrogens (tertiary/aromatic N) is 1. The van der Waals surface area contributed by atoms with Crippen molar-refractivity contribution in [3.8, 4) is 0 Å². The number of aliphatic hydroxyl groups excluding tert-OH is 1. The minimum absolute atomic E-state index is 0.136. The van der Waals surface area contributed by atoms with E-state index < -0.39 is 0 Å². The maximum atomic E-state index is 9.64. The van der Waals surface area contributed by atoms with E-state index in [1.165, 1.54) is 32.4 Å². The molecule has 0 saturated carbocycles. The topological polar surface area (TPSA) is 35.5 Å². The van der Waals surface area contributed by atoms with E-state index in [4.69, 9.17) is 0 Å². The Bertz CT molecular complexity index is 145. The van der Waals surface area contributed by atoms with Crippen LogP contribution in [0.4, 0.5) is 0 Å². The highest BCUT2D eigenvalue weighted by Gasteiger charge is 2.30. The maximum absolute atomic E-state index is 9.64. The summed E-state index contributed by atoms with van der Waals surface area (Å²) in [6.45, 7) is 4.12. The van der Waals surface area contributed by atoms with E-state index in [0.29, 0.717) is 6.04 Å². The zero-order valence-corrected chi connectivity index (χ0v) is 7.50. The van der Waals surface area contributed by atoms with Gasteiger partial charge in [0.1, 0.15) is 0 Å². The molecule has 0 bridgehead atoms. The van der Waals surface area contributed by atoms with Crippen LogP contribution in [-0.2, 0) is 0 Å². The number of likely N-dealkylation sites (tertiary alicyclic amines) is 1. The molecule has 2 heterocycles. The van der Waals surface area contributed by atoms with Crippen LogP contribution in [0.15, 0.2) is 0 Å². The van der Waals surface area contributed by atoms with Crippen molar-refractivity contribution in [2.24, 2.45) is 0 Å². The molecule has 2 saturated heterocycles. The minimum atomic E-state index is -0.136. The van der Waals surface area contributed by atoms with E-state index >= 15 is 0 Å². The lowest BCUT2D eigenvalue weighted by molar-refractivity contribution is 0.0706. The number of rotatable bonds is 1. The zero-order chi connectivity index (χ0) is 8.39. The Morgan fingerprint density at radius 1 is 1.08 bits per heavy atom. The largest absolute Gasteiger partial charge is 0.390 e. The van der Waals surface area contributed by atoms with Gasteiger partial charge in [0.25, 0.3) is 0 Å². The van der Waals surface area contributed by atoms with Gasteiger partial charge in [-0.3, -0.25) is 4.90 Å². The molecule has 3 nitrogen and oxygen atoms in total. The molecule has 70 valence electrons.